The predicted octanol–water partition coefficient (Wildman–Crippen LogP) is 3.89. The highest BCUT2D eigenvalue weighted by molar-refractivity contribution is 7.92. The smallest absolute Gasteiger partial charge is 0.261 e. The van der Waals surface area contributed by atoms with Gasteiger partial charge in [0, 0.05) is 11.3 Å². The minimum Gasteiger partial charge on any atom is -0.497 e. The van der Waals surface area contributed by atoms with Crippen molar-refractivity contribution in [2.75, 3.05) is 17.6 Å². The number of benzene rings is 3. The summed E-state index contributed by atoms with van der Waals surface area (Å²) in [6.07, 6.45) is 0. The highest BCUT2D eigenvalue weighted by atomic mass is 32.2. The second-order valence-corrected chi connectivity index (χ2v) is 7.76. The number of aromatic nitrogens is 1. The molecule has 0 spiro atoms. The van der Waals surface area contributed by atoms with Gasteiger partial charge in [0.25, 0.3) is 10.0 Å². The summed E-state index contributed by atoms with van der Waals surface area (Å²) in [5.74, 6) is 0.955. The van der Waals surface area contributed by atoms with Crippen molar-refractivity contribution in [2.24, 2.45) is 0 Å². The van der Waals surface area contributed by atoms with Crippen LogP contribution in [0.3, 0.4) is 0 Å². The topological polar surface area (TPSA) is 107 Å². The van der Waals surface area contributed by atoms with Crippen molar-refractivity contribution in [3.8, 4) is 17.2 Å². The first-order valence-electron chi connectivity index (χ1n) is 8.38. The minimum absolute atomic E-state index is 0.118. The van der Waals surface area contributed by atoms with Gasteiger partial charge in [-0.05, 0) is 60.7 Å². The number of nitrogens with two attached hydrogens (primary N) is 1. The van der Waals surface area contributed by atoms with Crippen LogP contribution >= 0.6 is 0 Å². The molecule has 0 radical (unpaired) electrons. The van der Waals surface area contributed by atoms with Crippen LogP contribution in [0.15, 0.2) is 76.0 Å². The molecule has 8 heteroatoms. The van der Waals surface area contributed by atoms with Crippen LogP contribution in [0.2, 0.25) is 0 Å². The van der Waals surface area contributed by atoms with Gasteiger partial charge in [-0.3, -0.25) is 4.72 Å². The average Bonchev–Trinajstić information content (AvgIpc) is 3.14. The number of anilines is 2. The van der Waals surface area contributed by atoms with E-state index in [0.29, 0.717) is 34.1 Å². The van der Waals surface area contributed by atoms with Gasteiger partial charge in [-0.25, -0.2) is 13.4 Å². The summed E-state index contributed by atoms with van der Waals surface area (Å²) in [6.45, 7) is 0. The van der Waals surface area contributed by atoms with E-state index >= 15 is 0 Å². The SMILES string of the molecule is COc1ccc(S(=O)(=O)Nc2cccc3oc(-c4ccc(N)cc4)nc23)cc1. The van der Waals surface area contributed by atoms with E-state index < -0.39 is 10.0 Å². The number of nitrogen functional groups attached to an aromatic ring is 1. The summed E-state index contributed by atoms with van der Waals surface area (Å²) < 4.78 is 38.9. The number of ether oxygens (including phenoxy) is 1. The molecule has 0 saturated heterocycles. The van der Waals surface area contributed by atoms with Gasteiger partial charge >= 0.3 is 0 Å². The third kappa shape index (κ3) is 3.37. The van der Waals surface area contributed by atoms with Crippen molar-refractivity contribution < 1.29 is 17.6 Å². The zero-order chi connectivity index (χ0) is 19.7. The maximum atomic E-state index is 12.7. The number of methoxy groups -OCH3 is 1. The summed E-state index contributed by atoms with van der Waals surface area (Å²) in [6, 6.07) is 18.3. The van der Waals surface area contributed by atoms with Crippen LogP contribution in [-0.4, -0.2) is 20.5 Å². The van der Waals surface area contributed by atoms with Gasteiger partial charge in [0.2, 0.25) is 5.89 Å². The zero-order valence-electron chi connectivity index (χ0n) is 14.9. The average molecular weight is 395 g/mol. The van der Waals surface area contributed by atoms with Crippen LogP contribution in [0.5, 0.6) is 5.75 Å². The van der Waals surface area contributed by atoms with Crippen molar-refractivity contribution in [2.45, 2.75) is 4.90 Å². The van der Waals surface area contributed by atoms with Crippen LogP contribution < -0.4 is 15.2 Å². The monoisotopic (exact) mass is 395 g/mol. The summed E-state index contributed by atoms with van der Waals surface area (Å²) in [7, 11) is -2.27. The Kier molecular flexibility index (Phi) is 4.40. The third-order valence-electron chi connectivity index (χ3n) is 4.19. The van der Waals surface area contributed by atoms with Gasteiger partial charge in [-0.15, -0.1) is 0 Å². The second-order valence-electron chi connectivity index (χ2n) is 6.07. The Morgan fingerprint density at radius 1 is 1.00 bits per heavy atom. The molecule has 0 amide bonds. The van der Waals surface area contributed by atoms with Gasteiger partial charge in [0.15, 0.2) is 5.58 Å². The van der Waals surface area contributed by atoms with Crippen molar-refractivity contribution in [3.05, 3.63) is 66.7 Å². The van der Waals surface area contributed by atoms with Gasteiger partial charge in [-0.2, -0.15) is 0 Å². The number of oxazole rings is 1. The highest BCUT2D eigenvalue weighted by Gasteiger charge is 2.18. The Hall–Kier alpha value is -3.52. The molecular formula is C20H17N3O4S. The van der Waals surface area contributed by atoms with Gasteiger partial charge < -0.3 is 14.9 Å². The molecule has 0 saturated carbocycles. The number of fused-ring (bicyclic) bond motifs is 1. The number of para-hydroxylation sites is 1. The minimum atomic E-state index is -3.79. The fourth-order valence-corrected chi connectivity index (χ4v) is 3.81. The zero-order valence-corrected chi connectivity index (χ0v) is 15.7. The van der Waals surface area contributed by atoms with Crippen LogP contribution in [0.1, 0.15) is 0 Å². The molecule has 142 valence electrons. The molecule has 28 heavy (non-hydrogen) atoms. The first-order chi connectivity index (χ1) is 13.5. The Morgan fingerprint density at radius 2 is 1.71 bits per heavy atom. The van der Waals surface area contributed by atoms with Crippen molar-refractivity contribution in [1.29, 1.82) is 0 Å². The lowest BCUT2D eigenvalue weighted by Crippen LogP contribution is -2.13. The number of nitrogens with zero attached hydrogens (tertiary/aromatic N) is 1. The molecule has 1 aromatic heterocycles. The largest absolute Gasteiger partial charge is 0.497 e. The third-order valence-corrected chi connectivity index (χ3v) is 5.57. The first kappa shape index (κ1) is 17.9. The molecule has 0 bridgehead atoms. The highest BCUT2D eigenvalue weighted by Crippen LogP contribution is 2.30. The fourth-order valence-electron chi connectivity index (χ4n) is 2.74. The normalized spacial score (nSPS) is 11.5. The van der Waals surface area contributed by atoms with Crippen LogP contribution in [-0.2, 0) is 10.0 Å². The molecule has 0 unspecified atom stereocenters. The maximum Gasteiger partial charge on any atom is 0.261 e. The quantitative estimate of drug-likeness (QED) is 0.497. The van der Waals surface area contributed by atoms with Crippen LogP contribution in [0, 0.1) is 0 Å². The van der Waals surface area contributed by atoms with Crippen LogP contribution in [0.4, 0.5) is 11.4 Å². The summed E-state index contributed by atoms with van der Waals surface area (Å²) in [5.41, 5.74) is 8.32. The number of sulfonamides is 1. The number of nitrogens with one attached hydrogen (secondary N) is 1. The van der Waals surface area contributed by atoms with E-state index in [4.69, 9.17) is 14.9 Å². The molecule has 3 aromatic carbocycles. The second kappa shape index (κ2) is 6.90. The van der Waals surface area contributed by atoms with Gasteiger partial charge in [-0.1, -0.05) is 6.07 Å². The Balaban J connectivity index is 1.71. The Morgan fingerprint density at radius 3 is 2.39 bits per heavy atom. The van der Waals surface area contributed by atoms with Crippen molar-refractivity contribution in [1.82, 2.24) is 4.98 Å². The molecule has 0 fully saturated rings. The maximum absolute atomic E-state index is 12.7. The van der Waals surface area contributed by atoms with E-state index in [0.717, 1.165) is 5.56 Å². The van der Waals surface area contributed by atoms with E-state index in [1.54, 1.807) is 54.6 Å². The molecule has 4 rings (SSSR count). The Bertz CT molecular complexity index is 1230. The van der Waals surface area contributed by atoms with Gasteiger partial charge in [0.05, 0.1) is 17.7 Å². The molecule has 0 atom stereocenters. The number of hydrogen-bond acceptors (Lipinski definition) is 6. The fraction of sp³-hybridized carbons (Fsp3) is 0.0500. The van der Waals surface area contributed by atoms with E-state index in [9.17, 15) is 8.42 Å². The molecule has 4 aromatic rings. The molecule has 0 aliphatic heterocycles. The summed E-state index contributed by atoms with van der Waals surface area (Å²) in [5, 5.41) is 0. The van der Waals surface area contributed by atoms with E-state index in [1.165, 1.54) is 19.2 Å². The molecule has 0 aliphatic carbocycles. The standard InChI is InChI=1S/C20H17N3O4S/c1-26-15-9-11-16(12-10-15)28(24,25)23-17-3-2-4-18-19(17)22-20(27-18)13-5-7-14(21)8-6-13/h2-12,23H,21H2,1H3. The lowest BCUT2D eigenvalue weighted by Gasteiger charge is -2.08. The first-order valence-corrected chi connectivity index (χ1v) is 9.87. The number of rotatable bonds is 5. The lowest BCUT2D eigenvalue weighted by molar-refractivity contribution is 0.414. The molecule has 1 heterocycles. The lowest BCUT2D eigenvalue weighted by atomic mass is 10.2. The number of hydrogen-bond donors (Lipinski definition) is 2. The molecule has 7 nitrogen and oxygen atoms in total. The van der Waals surface area contributed by atoms with Crippen molar-refractivity contribution >= 4 is 32.5 Å². The Labute approximate surface area is 161 Å². The molecular weight excluding hydrogens is 378 g/mol. The van der Waals surface area contributed by atoms with Crippen LogP contribution in [0.25, 0.3) is 22.6 Å². The summed E-state index contributed by atoms with van der Waals surface area (Å²) >= 11 is 0. The van der Waals surface area contributed by atoms with E-state index in [-0.39, 0.29) is 4.90 Å². The van der Waals surface area contributed by atoms with E-state index in [2.05, 4.69) is 9.71 Å². The van der Waals surface area contributed by atoms with Crippen molar-refractivity contribution in [3.63, 3.8) is 0 Å². The molecule has 0 aliphatic rings. The van der Waals surface area contributed by atoms with Gasteiger partial charge in [0.1, 0.15) is 11.3 Å². The predicted molar refractivity (Wildman–Crippen MR) is 108 cm³/mol. The molecule has 3 N–H and O–H groups in total. The van der Waals surface area contributed by atoms with E-state index in [1.807, 2.05) is 0 Å². The summed E-state index contributed by atoms with van der Waals surface area (Å²) in [4.78, 5) is 4.58.